The Morgan fingerprint density at radius 3 is 2.44 bits per heavy atom. The highest BCUT2D eigenvalue weighted by atomic mass is 35.5. The molecule has 2 unspecified atom stereocenters. The van der Waals surface area contributed by atoms with Crippen molar-refractivity contribution >= 4 is 45.3 Å². The second-order valence-electron chi connectivity index (χ2n) is 8.71. The van der Waals surface area contributed by atoms with Crippen LogP contribution in [0.1, 0.15) is 53.7 Å². The van der Waals surface area contributed by atoms with Gasteiger partial charge in [-0.25, -0.2) is 9.97 Å². The smallest absolute Gasteiger partial charge is 0.591 e. The average Bonchev–Trinajstić information content (AvgIpc) is 3.52. The number of halogens is 4. The molecule has 2 aromatic carbocycles. The normalized spacial score (nSPS) is 17.5. The lowest BCUT2D eigenvalue weighted by Gasteiger charge is -2.33. The molecule has 190 valence electrons. The summed E-state index contributed by atoms with van der Waals surface area (Å²) >= 11 is 4.74. The first-order chi connectivity index (χ1) is 17.3. The van der Waals surface area contributed by atoms with Gasteiger partial charge in [-0.3, -0.25) is 0 Å². The molecule has 11 heteroatoms. The molecular weight excluding hydrogens is 529 g/mol. The highest BCUT2D eigenvalue weighted by Gasteiger charge is 2.50. The van der Waals surface area contributed by atoms with Crippen molar-refractivity contribution in [2.75, 3.05) is 13.1 Å². The van der Waals surface area contributed by atoms with Crippen LogP contribution < -0.4 is 0 Å². The highest BCUT2D eigenvalue weighted by Crippen LogP contribution is 2.38. The fourth-order valence-electron chi connectivity index (χ4n) is 4.92. The molecule has 0 bridgehead atoms. The van der Waals surface area contributed by atoms with Crippen molar-refractivity contribution in [3.05, 3.63) is 81.0 Å². The summed E-state index contributed by atoms with van der Waals surface area (Å²) in [6.07, 6.45) is 3.43. The average molecular weight is 553 g/mol. The molecule has 0 radical (unpaired) electrons. The van der Waals surface area contributed by atoms with Crippen molar-refractivity contribution in [1.82, 2.24) is 18.8 Å². The Morgan fingerprint density at radius 2 is 1.83 bits per heavy atom. The van der Waals surface area contributed by atoms with Crippen molar-refractivity contribution in [1.29, 1.82) is 0 Å². The highest BCUT2D eigenvalue weighted by molar-refractivity contribution is 7.89. The zero-order chi connectivity index (χ0) is 25.4. The van der Waals surface area contributed by atoms with Crippen molar-refractivity contribution in [3.63, 3.8) is 0 Å². The van der Waals surface area contributed by atoms with Gasteiger partial charge >= 0.3 is 5.51 Å². The van der Waals surface area contributed by atoms with Crippen LogP contribution >= 0.6 is 22.9 Å². The number of thiazole rings is 1. The minimum atomic E-state index is -4.73. The lowest BCUT2D eigenvalue weighted by Crippen LogP contribution is -2.45. The first-order valence-electron chi connectivity index (χ1n) is 11.7. The zero-order valence-electron chi connectivity index (χ0n) is 19.4. The number of rotatable bonds is 6. The number of aryl methyl sites for hydroxylation is 1. The molecular formula is C25H24ClF3N4OS2. The number of hydrogen-bond acceptors (Lipinski definition) is 5. The number of benzene rings is 2. The largest absolute Gasteiger partial charge is 0.593 e. The van der Waals surface area contributed by atoms with Gasteiger partial charge in [0.15, 0.2) is 11.4 Å². The van der Waals surface area contributed by atoms with Crippen LogP contribution in [-0.2, 0) is 17.8 Å². The van der Waals surface area contributed by atoms with E-state index in [-0.39, 0.29) is 25.0 Å². The van der Waals surface area contributed by atoms with Gasteiger partial charge in [-0.2, -0.15) is 0 Å². The van der Waals surface area contributed by atoms with Crippen molar-refractivity contribution in [3.8, 4) is 0 Å². The molecule has 3 heterocycles. The SMILES string of the molecule is CCc1nc2ccc(C(c3ccc(Cl)cc3)c3nccs3)cc2n1C1CCN([S+]([O-])C(F)(F)F)CC1. The fraction of sp³-hybridized carbons (Fsp3) is 0.360. The Labute approximate surface area is 219 Å². The van der Waals surface area contributed by atoms with Crippen molar-refractivity contribution in [2.45, 2.75) is 43.7 Å². The maximum absolute atomic E-state index is 13.0. The molecule has 2 atom stereocenters. The predicted molar refractivity (Wildman–Crippen MR) is 138 cm³/mol. The van der Waals surface area contributed by atoms with Gasteiger partial charge in [0.2, 0.25) is 0 Å². The molecule has 5 nitrogen and oxygen atoms in total. The van der Waals surface area contributed by atoms with E-state index < -0.39 is 16.9 Å². The Balaban J connectivity index is 1.52. The first kappa shape index (κ1) is 25.5. The number of alkyl halides is 3. The monoisotopic (exact) mass is 552 g/mol. The fourth-order valence-corrected chi connectivity index (χ4v) is 6.67. The third kappa shape index (κ3) is 5.02. The number of piperidine rings is 1. The van der Waals surface area contributed by atoms with Gasteiger partial charge in [0.05, 0.1) is 17.0 Å². The molecule has 36 heavy (non-hydrogen) atoms. The lowest BCUT2D eigenvalue weighted by atomic mass is 9.91. The molecule has 1 aliphatic heterocycles. The number of fused-ring (bicyclic) bond motifs is 1. The minimum absolute atomic E-state index is 0.0180. The Hall–Kier alpha value is -2.11. The molecule has 0 saturated carbocycles. The van der Waals surface area contributed by atoms with Crippen LogP contribution in [0.5, 0.6) is 0 Å². The second kappa shape index (κ2) is 10.3. The molecule has 0 spiro atoms. The van der Waals surface area contributed by atoms with E-state index in [1.54, 1.807) is 17.5 Å². The van der Waals surface area contributed by atoms with E-state index in [9.17, 15) is 17.7 Å². The predicted octanol–water partition coefficient (Wildman–Crippen LogP) is 6.71. The lowest BCUT2D eigenvalue weighted by molar-refractivity contribution is -0.0495. The van der Waals surface area contributed by atoms with E-state index in [2.05, 4.69) is 21.7 Å². The van der Waals surface area contributed by atoms with Crippen molar-refractivity contribution < 1.29 is 17.7 Å². The summed E-state index contributed by atoms with van der Waals surface area (Å²) in [4.78, 5) is 9.41. The van der Waals surface area contributed by atoms with Gasteiger partial charge in [0.1, 0.15) is 10.8 Å². The van der Waals surface area contributed by atoms with E-state index in [0.29, 0.717) is 24.3 Å². The number of imidazole rings is 1. The van der Waals surface area contributed by atoms with Gasteiger partial charge in [0, 0.05) is 42.2 Å². The summed E-state index contributed by atoms with van der Waals surface area (Å²) in [6, 6.07) is 13.9. The summed E-state index contributed by atoms with van der Waals surface area (Å²) in [6.45, 7) is 2.26. The van der Waals surface area contributed by atoms with Crippen LogP contribution in [0.25, 0.3) is 11.0 Å². The maximum Gasteiger partial charge on any atom is 0.593 e. The Morgan fingerprint density at radius 1 is 1.14 bits per heavy atom. The van der Waals surface area contributed by atoms with Crippen LogP contribution in [0.2, 0.25) is 5.02 Å². The van der Waals surface area contributed by atoms with Crippen LogP contribution in [0.3, 0.4) is 0 Å². The second-order valence-corrected chi connectivity index (χ2v) is 11.5. The van der Waals surface area contributed by atoms with Crippen LogP contribution in [0, 0.1) is 0 Å². The Bertz CT molecular complexity index is 1320. The van der Waals surface area contributed by atoms with E-state index >= 15 is 0 Å². The molecule has 1 saturated heterocycles. The minimum Gasteiger partial charge on any atom is -0.591 e. The van der Waals surface area contributed by atoms with Crippen molar-refractivity contribution in [2.24, 2.45) is 0 Å². The Kier molecular flexibility index (Phi) is 7.33. The van der Waals surface area contributed by atoms with E-state index in [1.807, 2.05) is 42.6 Å². The molecule has 0 amide bonds. The molecule has 5 rings (SSSR count). The standard InChI is InChI=1S/C25H24ClF3N4OS2/c1-2-22-31-20-8-5-17(23(24-30-11-14-35-24)16-3-6-18(26)7-4-16)15-21(20)33(22)19-9-12-32(13-10-19)36(34)25(27,28)29/h3-8,11,14-15,19,23H,2,9-10,12-13H2,1H3. The summed E-state index contributed by atoms with van der Waals surface area (Å²) in [7, 11) is 0. The van der Waals surface area contributed by atoms with E-state index in [0.717, 1.165) is 37.3 Å². The van der Waals surface area contributed by atoms with Gasteiger partial charge < -0.3 is 9.12 Å². The number of hydrogen-bond donors (Lipinski definition) is 0. The number of aromatic nitrogens is 3. The van der Waals surface area contributed by atoms with Gasteiger partial charge in [-0.15, -0.1) is 28.8 Å². The van der Waals surface area contributed by atoms with Gasteiger partial charge in [0.25, 0.3) is 0 Å². The molecule has 0 N–H and O–H groups in total. The molecule has 4 aromatic rings. The quantitative estimate of drug-likeness (QED) is 0.249. The van der Waals surface area contributed by atoms with E-state index in [4.69, 9.17) is 16.6 Å². The summed E-state index contributed by atoms with van der Waals surface area (Å²) in [5.74, 6) is 0.811. The first-order valence-corrected chi connectivity index (χ1v) is 14.0. The summed E-state index contributed by atoms with van der Waals surface area (Å²) in [5, 5.41) is 3.58. The third-order valence-corrected chi connectivity index (χ3v) is 8.88. The molecule has 1 aliphatic rings. The zero-order valence-corrected chi connectivity index (χ0v) is 21.8. The molecule has 2 aromatic heterocycles. The van der Waals surface area contributed by atoms with Gasteiger partial charge in [-0.05, 0) is 48.2 Å². The van der Waals surface area contributed by atoms with Crippen LogP contribution in [0.4, 0.5) is 13.2 Å². The van der Waals surface area contributed by atoms with Gasteiger partial charge in [-0.1, -0.05) is 36.7 Å². The summed E-state index contributed by atoms with van der Waals surface area (Å²) in [5.41, 5.74) is -0.802. The van der Waals surface area contributed by atoms with Crippen LogP contribution in [0.15, 0.2) is 54.0 Å². The molecule has 1 fully saturated rings. The van der Waals surface area contributed by atoms with Crippen LogP contribution in [-0.4, -0.2) is 42.0 Å². The topological polar surface area (TPSA) is 57.0 Å². The summed E-state index contributed by atoms with van der Waals surface area (Å²) < 4.78 is 53.9. The van der Waals surface area contributed by atoms with E-state index in [1.165, 1.54) is 0 Å². The third-order valence-electron chi connectivity index (χ3n) is 6.56. The molecule has 0 aliphatic carbocycles. The number of nitrogens with zero attached hydrogens (tertiary/aromatic N) is 4. The maximum atomic E-state index is 13.0.